The molecule has 0 bridgehead atoms. The topological polar surface area (TPSA) is 6.48 Å². The van der Waals surface area contributed by atoms with Crippen LogP contribution in [0.1, 0.15) is 5.48 Å². The SMILES string of the molecule is [2H]c1c([2H])c([2H])c2c(c1[2H])B1c3sc4ccccc4c3N(c3cccc4c5ccccc5c5ccccc5c34)c3cccc(c31)N2c1cccc2c3ccccc3c3ccccc3c12. The van der Waals surface area contributed by atoms with E-state index in [1.807, 2.05) is 0 Å². The summed E-state index contributed by atoms with van der Waals surface area (Å²) >= 11 is 1.73. The number of hydrogen-bond donors (Lipinski definition) is 0. The lowest BCUT2D eigenvalue weighted by atomic mass is 9.36. The van der Waals surface area contributed by atoms with Crippen LogP contribution in [-0.4, -0.2) is 6.71 Å². The van der Waals surface area contributed by atoms with Crippen LogP contribution in [0.4, 0.5) is 34.1 Å². The second kappa shape index (κ2) is 12.1. The van der Waals surface area contributed by atoms with Crippen molar-refractivity contribution in [3.63, 3.8) is 0 Å². The van der Waals surface area contributed by atoms with Crippen molar-refractivity contribution in [1.29, 1.82) is 0 Å². The number of thiophene rings is 1. The minimum Gasteiger partial charge on any atom is -0.311 e. The monoisotopic (exact) mass is 780 g/mol. The fourth-order valence-electron chi connectivity index (χ4n) is 10.8. The van der Waals surface area contributed by atoms with Crippen molar-refractivity contribution in [2.45, 2.75) is 0 Å². The first-order chi connectivity index (χ1) is 31.5. The molecular formula is C56H33BN2S. The van der Waals surface area contributed by atoms with Gasteiger partial charge in [-0.3, -0.25) is 0 Å². The minimum absolute atomic E-state index is 0.0125. The van der Waals surface area contributed by atoms with Gasteiger partial charge in [0.05, 0.1) is 22.5 Å². The summed E-state index contributed by atoms with van der Waals surface area (Å²) in [5.74, 6) is 0. The Labute approximate surface area is 356 Å². The number of nitrogens with zero attached hydrogens (tertiary/aromatic N) is 2. The Morgan fingerprint density at radius 1 is 0.367 bits per heavy atom. The third kappa shape index (κ3) is 4.18. The molecule has 14 rings (SSSR count). The van der Waals surface area contributed by atoms with Crippen molar-refractivity contribution < 1.29 is 5.48 Å². The number of benzene rings is 11. The summed E-state index contributed by atoms with van der Waals surface area (Å²) in [7, 11) is 0. The van der Waals surface area contributed by atoms with Crippen LogP contribution in [0, 0.1) is 0 Å². The Morgan fingerprint density at radius 3 is 1.33 bits per heavy atom. The molecule has 4 heteroatoms. The van der Waals surface area contributed by atoms with Crippen molar-refractivity contribution in [2.75, 3.05) is 9.80 Å². The average Bonchev–Trinajstić information content (AvgIpc) is 3.74. The number of para-hydroxylation sites is 1. The first kappa shape index (κ1) is 28.9. The fraction of sp³-hybridized carbons (Fsp3) is 0. The van der Waals surface area contributed by atoms with Crippen LogP contribution >= 0.6 is 11.3 Å². The van der Waals surface area contributed by atoms with E-state index < -0.39 is 6.71 Å². The van der Waals surface area contributed by atoms with Gasteiger partial charge in [-0.15, -0.1) is 11.3 Å². The van der Waals surface area contributed by atoms with E-state index in [1.165, 1.54) is 32.3 Å². The normalized spacial score (nSPS) is 14.2. The van der Waals surface area contributed by atoms with Gasteiger partial charge in [0, 0.05) is 42.7 Å². The first-order valence-corrected chi connectivity index (χ1v) is 21.3. The van der Waals surface area contributed by atoms with Crippen molar-refractivity contribution in [3.05, 3.63) is 200 Å². The van der Waals surface area contributed by atoms with E-state index in [9.17, 15) is 5.48 Å². The number of rotatable bonds is 2. The van der Waals surface area contributed by atoms with Crippen molar-refractivity contribution in [2.24, 2.45) is 0 Å². The van der Waals surface area contributed by atoms with Crippen molar-refractivity contribution >= 4 is 143 Å². The molecule has 2 aliphatic heterocycles. The Hall–Kier alpha value is -7.40. The summed E-state index contributed by atoms with van der Waals surface area (Å²) in [5.41, 5.74) is 6.97. The standard InChI is InChI=1S/C56H33BN2S/c1-3-18-38-34(16-1)36-20-5-7-22-40(36)52-42(38)25-13-29-47(52)58-46-28-11-10-27-45(46)57-54-49(58)31-15-32-50(54)59(55-44-24-9-12-33-51(44)60-56(55)57)48-30-14-26-43-39-19-4-2-17-35(39)37-21-6-8-23-41(37)53(43)48/h1-33H/i10D,11D,27D,28D. The Bertz CT molecular complexity index is 3980. The third-order valence-corrected chi connectivity index (χ3v) is 14.3. The molecule has 11 aromatic carbocycles. The summed E-state index contributed by atoms with van der Waals surface area (Å²) in [6.07, 6.45) is 0. The zero-order chi connectivity index (χ0) is 42.5. The number of anilines is 6. The molecule has 0 saturated carbocycles. The van der Waals surface area contributed by atoms with E-state index in [2.05, 4.69) is 186 Å². The molecule has 12 aromatic rings. The van der Waals surface area contributed by atoms with Gasteiger partial charge in [0.2, 0.25) is 0 Å². The summed E-state index contributed by atoms with van der Waals surface area (Å²) in [5, 5.41) is 14.9. The number of fused-ring (bicyclic) bond motifs is 18. The highest BCUT2D eigenvalue weighted by atomic mass is 32.1. The molecule has 0 spiro atoms. The van der Waals surface area contributed by atoms with Gasteiger partial charge in [-0.2, -0.15) is 0 Å². The molecule has 60 heavy (non-hydrogen) atoms. The molecule has 2 nitrogen and oxygen atoms in total. The van der Waals surface area contributed by atoms with Gasteiger partial charge in [0.25, 0.3) is 6.71 Å². The Kier molecular flexibility index (Phi) is 5.82. The molecule has 3 heterocycles. The highest BCUT2D eigenvalue weighted by Crippen LogP contribution is 2.52. The lowest BCUT2D eigenvalue weighted by Crippen LogP contribution is -2.60. The molecule has 0 amide bonds. The van der Waals surface area contributed by atoms with Gasteiger partial charge < -0.3 is 9.80 Å². The summed E-state index contributed by atoms with van der Waals surface area (Å²) in [6, 6.07) is 62.1. The highest BCUT2D eigenvalue weighted by Gasteiger charge is 2.45. The molecule has 0 fully saturated rings. The molecule has 0 saturated heterocycles. The quantitative estimate of drug-likeness (QED) is 0.127. The van der Waals surface area contributed by atoms with Gasteiger partial charge in [0.15, 0.2) is 0 Å². The summed E-state index contributed by atoms with van der Waals surface area (Å²) < 4.78 is 40.3. The van der Waals surface area contributed by atoms with Crippen LogP contribution in [0.15, 0.2) is 200 Å². The second-order valence-electron chi connectivity index (χ2n) is 16.0. The van der Waals surface area contributed by atoms with Crippen LogP contribution < -0.4 is 25.5 Å². The first-order valence-electron chi connectivity index (χ1n) is 22.5. The zero-order valence-corrected chi connectivity index (χ0v) is 32.9. The van der Waals surface area contributed by atoms with Crippen molar-refractivity contribution in [1.82, 2.24) is 0 Å². The van der Waals surface area contributed by atoms with Crippen LogP contribution in [0.2, 0.25) is 0 Å². The molecule has 1 aromatic heterocycles. The summed E-state index contributed by atoms with van der Waals surface area (Å²) in [6.45, 7) is -0.470. The lowest BCUT2D eigenvalue weighted by Gasteiger charge is -2.43. The minimum atomic E-state index is -0.470. The molecule has 0 atom stereocenters. The largest absolute Gasteiger partial charge is 0.311 e. The van der Waals surface area contributed by atoms with E-state index in [0.29, 0.717) is 11.2 Å². The Balaban J connectivity index is 1.16. The van der Waals surface area contributed by atoms with E-state index in [-0.39, 0.29) is 24.2 Å². The van der Waals surface area contributed by atoms with Gasteiger partial charge in [-0.25, -0.2) is 0 Å². The smallest absolute Gasteiger partial charge is 0.264 e. The summed E-state index contributed by atoms with van der Waals surface area (Å²) in [4.78, 5) is 4.63. The molecule has 276 valence electrons. The van der Waals surface area contributed by atoms with Gasteiger partial charge in [0.1, 0.15) is 0 Å². The van der Waals surface area contributed by atoms with Gasteiger partial charge >= 0.3 is 0 Å². The lowest BCUT2D eigenvalue weighted by molar-refractivity contribution is 1.28. The highest BCUT2D eigenvalue weighted by molar-refractivity contribution is 7.33. The molecule has 0 radical (unpaired) electrons. The number of hydrogen-bond acceptors (Lipinski definition) is 3. The maximum Gasteiger partial charge on any atom is 0.264 e. The maximum atomic E-state index is 9.87. The van der Waals surface area contributed by atoms with Gasteiger partial charge in [-0.1, -0.05) is 164 Å². The van der Waals surface area contributed by atoms with E-state index >= 15 is 0 Å². The van der Waals surface area contributed by atoms with Gasteiger partial charge in [-0.05, 0) is 101 Å². The van der Waals surface area contributed by atoms with Crippen LogP contribution in [0.5, 0.6) is 0 Å². The maximum absolute atomic E-state index is 9.87. The molecule has 0 aliphatic carbocycles. The average molecular weight is 781 g/mol. The predicted molar refractivity (Wildman–Crippen MR) is 261 cm³/mol. The van der Waals surface area contributed by atoms with Crippen LogP contribution in [0.25, 0.3) is 74.7 Å². The van der Waals surface area contributed by atoms with E-state index in [1.54, 1.807) is 11.3 Å². The fourth-order valence-corrected chi connectivity index (χ4v) is 12.1. The van der Waals surface area contributed by atoms with Crippen LogP contribution in [-0.2, 0) is 0 Å². The predicted octanol–water partition coefficient (Wildman–Crippen LogP) is 13.9. The molecular weight excluding hydrogens is 744 g/mol. The molecule has 0 N–H and O–H groups in total. The zero-order valence-electron chi connectivity index (χ0n) is 36.1. The van der Waals surface area contributed by atoms with Crippen molar-refractivity contribution in [3.8, 4) is 0 Å². The Morgan fingerprint density at radius 2 is 0.767 bits per heavy atom. The van der Waals surface area contributed by atoms with E-state index in [0.717, 1.165) is 81.1 Å². The molecule has 0 unspecified atom stereocenters. The molecule has 2 aliphatic rings. The van der Waals surface area contributed by atoms with Crippen LogP contribution in [0.3, 0.4) is 0 Å². The second-order valence-corrected chi connectivity index (χ2v) is 17.1. The van der Waals surface area contributed by atoms with E-state index in [4.69, 9.17) is 0 Å². The third-order valence-electron chi connectivity index (χ3n) is 13.1.